The van der Waals surface area contributed by atoms with Crippen LogP contribution in [0.25, 0.3) is 10.6 Å². The fraction of sp³-hybridized carbons (Fsp3) is 0.150. The van der Waals surface area contributed by atoms with E-state index in [9.17, 15) is 9.18 Å². The smallest absolute Gasteiger partial charge is 0.246 e. The van der Waals surface area contributed by atoms with Crippen molar-refractivity contribution in [2.45, 2.75) is 19.8 Å². The first-order valence-electron chi connectivity index (χ1n) is 8.27. The first kappa shape index (κ1) is 17.9. The average molecular weight is 367 g/mol. The van der Waals surface area contributed by atoms with Crippen molar-refractivity contribution in [1.29, 1.82) is 0 Å². The molecule has 0 saturated heterocycles. The zero-order chi connectivity index (χ0) is 18.4. The summed E-state index contributed by atoms with van der Waals surface area (Å²) in [4.78, 5) is 16.6. The molecule has 0 bridgehead atoms. The number of nitrogens with zero attached hydrogens (tertiary/aromatic N) is 2. The molecule has 0 unspecified atom stereocenters. The molecule has 1 N–H and O–H groups in total. The number of rotatable bonds is 6. The minimum Gasteiger partial charge on any atom is -0.273 e. The van der Waals surface area contributed by atoms with E-state index < -0.39 is 0 Å². The van der Waals surface area contributed by atoms with Crippen molar-refractivity contribution in [3.05, 3.63) is 77.1 Å². The second kappa shape index (κ2) is 8.49. The SMILES string of the molecule is CC/C(=N/NC(=O)Cc1csc(-c2ccc(F)cc2)n1)c1ccccc1. The maximum Gasteiger partial charge on any atom is 0.246 e. The van der Waals surface area contributed by atoms with Crippen molar-refractivity contribution >= 4 is 23.0 Å². The van der Waals surface area contributed by atoms with Gasteiger partial charge in [-0.05, 0) is 36.2 Å². The first-order chi connectivity index (χ1) is 12.7. The lowest BCUT2D eigenvalue weighted by Gasteiger charge is -2.04. The van der Waals surface area contributed by atoms with Crippen molar-refractivity contribution in [2.75, 3.05) is 0 Å². The van der Waals surface area contributed by atoms with E-state index in [4.69, 9.17) is 0 Å². The van der Waals surface area contributed by atoms with Gasteiger partial charge in [0.1, 0.15) is 10.8 Å². The number of hydrogen-bond acceptors (Lipinski definition) is 4. The highest BCUT2D eigenvalue weighted by Crippen LogP contribution is 2.24. The van der Waals surface area contributed by atoms with Gasteiger partial charge < -0.3 is 0 Å². The maximum atomic E-state index is 13.0. The highest BCUT2D eigenvalue weighted by atomic mass is 32.1. The Morgan fingerprint density at radius 2 is 1.88 bits per heavy atom. The van der Waals surface area contributed by atoms with Gasteiger partial charge in [0.15, 0.2) is 0 Å². The summed E-state index contributed by atoms with van der Waals surface area (Å²) in [5.41, 5.74) is 5.91. The summed E-state index contributed by atoms with van der Waals surface area (Å²) in [6.07, 6.45) is 0.864. The predicted molar refractivity (Wildman–Crippen MR) is 103 cm³/mol. The van der Waals surface area contributed by atoms with Crippen LogP contribution in [-0.2, 0) is 11.2 Å². The molecule has 0 fully saturated rings. The van der Waals surface area contributed by atoms with Crippen LogP contribution >= 0.6 is 11.3 Å². The Hall–Kier alpha value is -2.86. The second-order valence-electron chi connectivity index (χ2n) is 5.64. The molecule has 0 saturated carbocycles. The minimum absolute atomic E-state index is 0.146. The topological polar surface area (TPSA) is 54.4 Å². The van der Waals surface area contributed by atoms with E-state index in [1.54, 1.807) is 12.1 Å². The Morgan fingerprint density at radius 3 is 2.58 bits per heavy atom. The van der Waals surface area contributed by atoms with E-state index >= 15 is 0 Å². The maximum absolute atomic E-state index is 13.0. The normalized spacial score (nSPS) is 11.4. The zero-order valence-electron chi connectivity index (χ0n) is 14.3. The molecule has 0 aliphatic heterocycles. The number of carbonyl (C=O) groups excluding carboxylic acids is 1. The number of amides is 1. The van der Waals surface area contributed by atoms with Crippen LogP contribution in [0.1, 0.15) is 24.6 Å². The molecular weight excluding hydrogens is 349 g/mol. The van der Waals surface area contributed by atoms with Gasteiger partial charge >= 0.3 is 0 Å². The Labute approximate surface area is 155 Å². The molecule has 3 rings (SSSR count). The standard InChI is InChI=1S/C20H18FN3OS/c1-2-18(14-6-4-3-5-7-14)23-24-19(25)12-17-13-26-20(22-17)15-8-10-16(21)11-9-15/h3-11,13H,2,12H2,1H3,(H,24,25)/b23-18-. The lowest BCUT2D eigenvalue weighted by Crippen LogP contribution is -2.22. The third-order valence-corrected chi connectivity index (χ3v) is 4.68. The fourth-order valence-corrected chi connectivity index (χ4v) is 3.25. The van der Waals surface area contributed by atoms with Crippen LogP contribution in [-0.4, -0.2) is 16.6 Å². The van der Waals surface area contributed by atoms with E-state index in [0.29, 0.717) is 5.69 Å². The number of carbonyl (C=O) groups is 1. The Balaban J connectivity index is 1.63. The Kier molecular flexibility index (Phi) is 5.86. The predicted octanol–water partition coefficient (Wildman–Crippen LogP) is 4.42. The van der Waals surface area contributed by atoms with E-state index in [1.165, 1.54) is 23.5 Å². The van der Waals surface area contributed by atoms with Crippen LogP contribution in [0.4, 0.5) is 4.39 Å². The van der Waals surface area contributed by atoms with Gasteiger partial charge in [-0.1, -0.05) is 37.3 Å². The van der Waals surface area contributed by atoms with Crippen molar-refractivity contribution in [2.24, 2.45) is 5.10 Å². The number of benzene rings is 2. The molecule has 3 aromatic rings. The quantitative estimate of drug-likeness (QED) is 0.518. The van der Waals surface area contributed by atoms with E-state index in [1.807, 2.05) is 42.6 Å². The highest BCUT2D eigenvalue weighted by molar-refractivity contribution is 7.13. The van der Waals surface area contributed by atoms with Gasteiger partial charge in [0.2, 0.25) is 5.91 Å². The molecule has 0 aliphatic carbocycles. The summed E-state index contributed by atoms with van der Waals surface area (Å²) in [6.45, 7) is 1.99. The summed E-state index contributed by atoms with van der Waals surface area (Å²) in [5.74, 6) is -0.504. The van der Waals surface area contributed by atoms with Crippen LogP contribution in [0, 0.1) is 5.82 Å². The highest BCUT2D eigenvalue weighted by Gasteiger charge is 2.09. The molecule has 0 aliphatic rings. The number of halogens is 1. The van der Waals surface area contributed by atoms with Crippen molar-refractivity contribution in [1.82, 2.24) is 10.4 Å². The van der Waals surface area contributed by atoms with E-state index in [0.717, 1.165) is 28.3 Å². The largest absolute Gasteiger partial charge is 0.273 e. The van der Waals surface area contributed by atoms with Gasteiger partial charge in [0, 0.05) is 10.9 Å². The van der Waals surface area contributed by atoms with Gasteiger partial charge in [-0.3, -0.25) is 4.79 Å². The zero-order valence-corrected chi connectivity index (χ0v) is 15.1. The lowest BCUT2D eigenvalue weighted by atomic mass is 10.1. The minimum atomic E-state index is -0.284. The summed E-state index contributed by atoms with van der Waals surface area (Å²) in [5, 5.41) is 6.83. The fourth-order valence-electron chi connectivity index (χ4n) is 2.43. The lowest BCUT2D eigenvalue weighted by molar-refractivity contribution is -0.120. The molecule has 2 aromatic carbocycles. The third-order valence-electron chi connectivity index (χ3n) is 3.74. The van der Waals surface area contributed by atoms with Crippen LogP contribution in [0.5, 0.6) is 0 Å². The van der Waals surface area contributed by atoms with Crippen LogP contribution in [0.15, 0.2) is 65.1 Å². The van der Waals surface area contributed by atoms with Crippen LogP contribution < -0.4 is 5.43 Å². The molecule has 6 heteroatoms. The number of hydrazone groups is 1. The second-order valence-corrected chi connectivity index (χ2v) is 6.50. The first-order valence-corrected chi connectivity index (χ1v) is 9.15. The number of nitrogens with one attached hydrogen (secondary N) is 1. The summed E-state index contributed by atoms with van der Waals surface area (Å²) in [6, 6.07) is 15.9. The molecule has 1 amide bonds. The van der Waals surface area contributed by atoms with Gasteiger partial charge in [-0.15, -0.1) is 11.3 Å². The molecule has 1 aromatic heterocycles. The molecule has 0 radical (unpaired) electrons. The van der Waals surface area contributed by atoms with E-state index in [2.05, 4.69) is 15.5 Å². The molecule has 4 nitrogen and oxygen atoms in total. The van der Waals surface area contributed by atoms with Crippen LogP contribution in [0.3, 0.4) is 0 Å². The van der Waals surface area contributed by atoms with E-state index in [-0.39, 0.29) is 18.1 Å². The number of hydrogen-bond donors (Lipinski definition) is 1. The van der Waals surface area contributed by atoms with Crippen molar-refractivity contribution in [3.63, 3.8) is 0 Å². The molecule has 26 heavy (non-hydrogen) atoms. The van der Waals surface area contributed by atoms with Crippen molar-refractivity contribution < 1.29 is 9.18 Å². The summed E-state index contributed by atoms with van der Waals surface area (Å²) >= 11 is 1.43. The summed E-state index contributed by atoms with van der Waals surface area (Å²) in [7, 11) is 0. The van der Waals surface area contributed by atoms with Gasteiger partial charge in [0.05, 0.1) is 17.8 Å². The third kappa shape index (κ3) is 4.61. The van der Waals surface area contributed by atoms with Crippen molar-refractivity contribution in [3.8, 4) is 10.6 Å². The molecule has 1 heterocycles. The van der Waals surface area contributed by atoms with Crippen LogP contribution in [0.2, 0.25) is 0 Å². The monoisotopic (exact) mass is 367 g/mol. The molecule has 0 atom stereocenters. The van der Waals surface area contributed by atoms with Gasteiger partial charge in [0.25, 0.3) is 0 Å². The number of aromatic nitrogens is 1. The van der Waals surface area contributed by atoms with Gasteiger partial charge in [-0.2, -0.15) is 5.10 Å². The Morgan fingerprint density at radius 1 is 1.15 bits per heavy atom. The molecular formula is C20H18FN3OS. The molecule has 0 spiro atoms. The Bertz CT molecular complexity index is 904. The molecule has 132 valence electrons. The average Bonchev–Trinajstić information content (AvgIpc) is 3.12. The summed E-state index contributed by atoms with van der Waals surface area (Å²) < 4.78 is 13.0. The van der Waals surface area contributed by atoms with Gasteiger partial charge in [-0.25, -0.2) is 14.8 Å². The number of thiazole rings is 1.